The van der Waals surface area contributed by atoms with Gasteiger partial charge in [0.05, 0.1) is 21.3 Å². The molecule has 0 aliphatic carbocycles. The Bertz CT molecular complexity index is 2040. The minimum Gasteiger partial charge on any atom is -0.493 e. The number of hydrogen-bond acceptors (Lipinski definition) is 10. The normalized spacial score (nSPS) is 18.1. The number of ether oxygens (including phenoxy) is 6. The van der Waals surface area contributed by atoms with Crippen LogP contribution in [0.3, 0.4) is 0 Å². The average Bonchev–Trinajstić information content (AvgIpc) is 3.14. The van der Waals surface area contributed by atoms with Crippen molar-refractivity contribution in [3.8, 4) is 40.2 Å². The lowest BCUT2D eigenvalue weighted by Crippen LogP contribution is -2.34. The molecule has 4 heterocycles. The first-order valence-electron chi connectivity index (χ1n) is 18.2. The van der Waals surface area contributed by atoms with Gasteiger partial charge in [-0.05, 0) is 122 Å². The van der Waals surface area contributed by atoms with E-state index in [2.05, 4.69) is 61.2 Å². The molecule has 4 aliphatic heterocycles. The lowest BCUT2D eigenvalue weighted by atomic mass is 9.85. The molecule has 4 aliphatic rings. The van der Waals surface area contributed by atoms with E-state index in [0.717, 1.165) is 65.9 Å². The Labute approximate surface area is 311 Å². The molecule has 10 nitrogen and oxygen atoms in total. The van der Waals surface area contributed by atoms with E-state index in [4.69, 9.17) is 28.4 Å². The second-order valence-corrected chi connectivity index (χ2v) is 14.3. The number of benzene rings is 4. The number of rotatable bonds is 7. The van der Waals surface area contributed by atoms with Gasteiger partial charge < -0.3 is 28.4 Å². The minimum atomic E-state index is -0.500. The van der Waals surface area contributed by atoms with Crippen molar-refractivity contribution in [3.63, 3.8) is 0 Å². The molecule has 8 rings (SSSR count). The number of aryl methyl sites for hydroxylation is 1. The smallest absolute Gasteiger partial charge is 0.303 e. The number of fused-ring (bicyclic) bond motifs is 2. The van der Waals surface area contributed by atoms with Crippen LogP contribution in [0.4, 0.5) is 0 Å². The predicted octanol–water partition coefficient (Wildman–Crippen LogP) is 7.14. The van der Waals surface area contributed by atoms with Crippen molar-refractivity contribution >= 4 is 11.8 Å². The molecular weight excluding hydrogens is 672 g/mol. The van der Waals surface area contributed by atoms with E-state index in [-0.39, 0.29) is 30.9 Å². The van der Waals surface area contributed by atoms with E-state index in [1.54, 1.807) is 21.3 Å². The third-order valence-corrected chi connectivity index (χ3v) is 10.9. The molecule has 0 saturated heterocycles. The fourth-order valence-electron chi connectivity index (χ4n) is 8.03. The molecule has 0 unspecified atom stereocenters. The Morgan fingerprint density at radius 2 is 1.49 bits per heavy atom. The summed E-state index contributed by atoms with van der Waals surface area (Å²) in [5.74, 6) is 3.54. The first-order valence-corrected chi connectivity index (χ1v) is 18.2. The second kappa shape index (κ2) is 15.1. The summed E-state index contributed by atoms with van der Waals surface area (Å²) >= 11 is 0. The lowest BCUT2D eigenvalue weighted by Gasteiger charge is -2.38. The monoisotopic (exact) mass is 720 g/mol. The van der Waals surface area contributed by atoms with Crippen LogP contribution in [0.1, 0.15) is 63.5 Å². The summed E-state index contributed by atoms with van der Waals surface area (Å²) in [5, 5.41) is 0. The summed E-state index contributed by atoms with van der Waals surface area (Å²) in [7, 11) is 9.19. The van der Waals surface area contributed by atoms with Crippen LogP contribution in [0.2, 0.25) is 0 Å². The fraction of sp³-hybridized carbons (Fsp3) is 0.395. The Hall–Kier alpha value is -5.06. The highest BCUT2D eigenvalue weighted by molar-refractivity contribution is 5.84. The Kier molecular flexibility index (Phi) is 10.4. The quantitative estimate of drug-likeness (QED) is 0.184. The van der Waals surface area contributed by atoms with Crippen LogP contribution in [0, 0.1) is 6.92 Å². The van der Waals surface area contributed by atoms with Gasteiger partial charge in [0.2, 0.25) is 5.75 Å². The second-order valence-electron chi connectivity index (χ2n) is 14.3. The van der Waals surface area contributed by atoms with Crippen LogP contribution < -0.4 is 23.7 Å². The maximum atomic E-state index is 13.2. The molecule has 0 N–H and O–H groups in total. The van der Waals surface area contributed by atoms with Gasteiger partial charge >= 0.3 is 5.97 Å². The van der Waals surface area contributed by atoms with Crippen molar-refractivity contribution in [2.24, 2.45) is 0 Å². The number of Topliss-reactive ketones (excluding diaryl/α,β-unsaturated/α-hetero) is 1. The third kappa shape index (κ3) is 7.30. The number of esters is 1. The van der Waals surface area contributed by atoms with Crippen molar-refractivity contribution in [2.45, 2.75) is 58.0 Å². The molecule has 0 spiro atoms. The lowest BCUT2D eigenvalue weighted by molar-refractivity contribution is -0.145. The van der Waals surface area contributed by atoms with E-state index in [1.165, 1.54) is 23.6 Å². The number of likely N-dealkylation sites (N-methyl/N-ethyl adjacent to an activating group) is 2. The van der Waals surface area contributed by atoms with E-state index >= 15 is 0 Å². The molecule has 278 valence electrons. The van der Waals surface area contributed by atoms with Crippen molar-refractivity contribution in [2.75, 3.05) is 55.1 Å². The molecule has 10 heteroatoms. The molecular formula is C43H48N2O8. The van der Waals surface area contributed by atoms with Crippen molar-refractivity contribution in [3.05, 3.63) is 99.1 Å². The molecule has 0 aromatic heterocycles. The minimum absolute atomic E-state index is 0.0520. The van der Waals surface area contributed by atoms with Crippen LogP contribution in [-0.2, 0) is 46.4 Å². The Morgan fingerprint density at radius 1 is 0.774 bits per heavy atom. The maximum absolute atomic E-state index is 13.2. The van der Waals surface area contributed by atoms with E-state index in [0.29, 0.717) is 40.9 Å². The highest BCUT2D eigenvalue weighted by atomic mass is 16.5. The van der Waals surface area contributed by atoms with E-state index < -0.39 is 5.97 Å². The molecule has 0 amide bonds. The zero-order chi connectivity index (χ0) is 37.4. The number of nitrogens with zero attached hydrogens (tertiary/aromatic N) is 2. The average molecular weight is 721 g/mol. The van der Waals surface area contributed by atoms with Crippen LogP contribution in [-0.4, -0.2) is 76.7 Å². The number of ketones is 1. The van der Waals surface area contributed by atoms with Gasteiger partial charge in [0, 0.05) is 44.1 Å². The van der Waals surface area contributed by atoms with Gasteiger partial charge in [-0.2, -0.15) is 0 Å². The fourth-order valence-corrected chi connectivity index (χ4v) is 8.03. The van der Waals surface area contributed by atoms with Gasteiger partial charge in [-0.15, -0.1) is 0 Å². The molecule has 0 radical (unpaired) electrons. The van der Waals surface area contributed by atoms with E-state index in [9.17, 15) is 9.59 Å². The number of carbonyl (C=O) groups excluding carboxylic acids is 2. The summed E-state index contributed by atoms with van der Waals surface area (Å²) in [6.45, 7) is 4.86. The highest BCUT2D eigenvalue weighted by Gasteiger charge is 2.35. The first-order chi connectivity index (χ1) is 25.6. The van der Waals surface area contributed by atoms with Gasteiger partial charge in [0.1, 0.15) is 18.1 Å². The maximum Gasteiger partial charge on any atom is 0.303 e. The van der Waals surface area contributed by atoms with Gasteiger partial charge in [0.25, 0.3) is 0 Å². The summed E-state index contributed by atoms with van der Waals surface area (Å²) in [4.78, 5) is 29.5. The number of methoxy groups -OCH3 is 3. The van der Waals surface area contributed by atoms with Crippen molar-refractivity contribution < 1.29 is 38.0 Å². The van der Waals surface area contributed by atoms with Crippen LogP contribution >= 0.6 is 0 Å². The zero-order valence-corrected chi connectivity index (χ0v) is 31.7. The Morgan fingerprint density at radius 3 is 2.19 bits per heavy atom. The topological polar surface area (TPSA) is 96.0 Å². The van der Waals surface area contributed by atoms with Crippen molar-refractivity contribution in [1.29, 1.82) is 0 Å². The molecule has 6 bridgehead atoms. The number of carbonyl (C=O) groups is 2. The van der Waals surface area contributed by atoms with Gasteiger partial charge in [-0.25, -0.2) is 0 Å². The predicted molar refractivity (Wildman–Crippen MR) is 201 cm³/mol. The van der Waals surface area contributed by atoms with Gasteiger partial charge in [-0.3, -0.25) is 19.4 Å². The van der Waals surface area contributed by atoms with E-state index in [1.807, 2.05) is 24.3 Å². The summed E-state index contributed by atoms with van der Waals surface area (Å²) in [5.41, 5.74) is 8.62. The summed E-state index contributed by atoms with van der Waals surface area (Å²) in [6, 6.07) is 18.6. The van der Waals surface area contributed by atoms with Gasteiger partial charge in [0.15, 0.2) is 28.8 Å². The Balaban J connectivity index is 1.45. The SMILES string of the molecule is COc1cc(CC(=O)COC(C)=O)c2cc1Oc1ccc(cc1)C[C@H]1c3cc(c(C)cc3CCN1C)Oc1c(OC)c(OC)cc3c1[C@H](C2)N(C)CC3. The highest BCUT2D eigenvalue weighted by Crippen LogP contribution is 2.51. The standard InChI is InChI=1S/C43H48N2O8/c1-25-16-28-12-14-44(3)35-17-27-8-10-33(11-9-27)52-39-22-31(30(21-38(39)48-5)18-32(47)24-51-26(2)46)19-36-41-29(13-15-45(36)4)20-40(49-6)42(50-7)43(41)53-37(25)23-34(28)35/h8-11,16,20-23,35-36H,12-15,17-19,24H2,1-7H3/t35-,36-/m0/s1. The van der Waals surface area contributed by atoms with Crippen molar-refractivity contribution in [1.82, 2.24) is 9.80 Å². The van der Waals surface area contributed by atoms with Crippen LogP contribution in [0.15, 0.2) is 54.6 Å². The summed E-state index contributed by atoms with van der Waals surface area (Å²) in [6.07, 6.45) is 3.14. The molecule has 4 aromatic rings. The molecule has 53 heavy (non-hydrogen) atoms. The first kappa shape index (κ1) is 36.3. The molecule has 0 saturated carbocycles. The largest absolute Gasteiger partial charge is 0.493 e. The molecule has 0 fully saturated rings. The zero-order valence-electron chi connectivity index (χ0n) is 31.7. The molecule has 2 atom stereocenters. The molecule has 4 aromatic carbocycles. The van der Waals surface area contributed by atoms with Crippen LogP contribution in [0.25, 0.3) is 0 Å². The third-order valence-electron chi connectivity index (χ3n) is 10.9. The van der Waals surface area contributed by atoms with Crippen LogP contribution in [0.5, 0.6) is 40.2 Å². The van der Waals surface area contributed by atoms with Gasteiger partial charge in [-0.1, -0.05) is 18.2 Å². The number of hydrogen-bond donors (Lipinski definition) is 0. The summed E-state index contributed by atoms with van der Waals surface area (Å²) < 4.78 is 36.6.